The second-order valence-electron chi connectivity index (χ2n) is 5.06. The molecule has 1 aliphatic rings. The van der Waals surface area contributed by atoms with Crippen LogP contribution in [-0.4, -0.2) is 9.81 Å². The summed E-state index contributed by atoms with van der Waals surface area (Å²) in [7, 11) is 0. The van der Waals surface area contributed by atoms with E-state index < -0.39 is 0 Å². The van der Waals surface area contributed by atoms with Gasteiger partial charge in [-0.3, -0.25) is 4.98 Å². The van der Waals surface area contributed by atoms with Crippen LogP contribution in [0, 0.1) is 6.92 Å². The molecule has 1 aliphatic carbocycles. The Hall–Kier alpha value is -1.15. The molecule has 1 aromatic carbocycles. The normalized spacial score (nSPS) is 18.9. The number of aromatic nitrogens is 1. The highest BCUT2D eigenvalue weighted by molar-refractivity contribution is 9.09. The van der Waals surface area contributed by atoms with Crippen LogP contribution in [0.15, 0.2) is 42.6 Å². The molecule has 1 heterocycles. The molecule has 0 bridgehead atoms. The number of nitrogens with zero attached hydrogens (tertiary/aromatic N) is 1. The number of aryl methyl sites for hydroxylation is 1. The molecule has 0 N–H and O–H groups in total. The monoisotopic (exact) mass is 301 g/mol. The van der Waals surface area contributed by atoms with Crippen molar-refractivity contribution in [2.75, 3.05) is 0 Å². The predicted octanol–water partition coefficient (Wildman–Crippen LogP) is 4.04. The summed E-state index contributed by atoms with van der Waals surface area (Å²) in [6.07, 6.45) is 4.14. The molecule has 0 aliphatic heterocycles. The Balaban J connectivity index is 1.70. The van der Waals surface area contributed by atoms with Gasteiger partial charge in [0.15, 0.2) is 0 Å². The summed E-state index contributed by atoms with van der Waals surface area (Å²) in [6.45, 7) is 2.07. The Morgan fingerprint density at radius 1 is 1.28 bits per heavy atom. The molecule has 2 heteroatoms. The van der Waals surface area contributed by atoms with Crippen LogP contribution in [0.5, 0.6) is 0 Å². The highest BCUT2D eigenvalue weighted by Gasteiger charge is 2.31. The van der Waals surface area contributed by atoms with Gasteiger partial charge < -0.3 is 0 Å². The van der Waals surface area contributed by atoms with Crippen molar-refractivity contribution in [3.63, 3.8) is 0 Å². The lowest BCUT2D eigenvalue weighted by Crippen LogP contribution is -2.26. The summed E-state index contributed by atoms with van der Waals surface area (Å²) in [6, 6.07) is 13.0. The van der Waals surface area contributed by atoms with E-state index in [-0.39, 0.29) is 0 Å². The summed E-state index contributed by atoms with van der Waals surface area (Å²) >= 11 is 3.84. The van der Waals surface area contributed by atoms with Crippen molar-refractivity contribution in [3.05, 3.63) is 65.0 Å². The van der Waals surface area contributed by atoms with Crippen molar-refractivity contribution in [2.24, 2.45) is 0 Å². The SMILES string of the molecule is Cc1ccc(CC(Br)C2Cc3ccccc32)nc1. The van der Waals surface area contributed by atoms with Gasteiger partial charge in [-0.15, -0.1) is 0 Å². The van der Waals surface area contributed by atoms with Gasteiger partial charge in [0.05, 0.1) is 0 Å². The van der Waals surface area contributed by atoms with Crippen LogP contribution in [0.3, 0.4) is 0 Å². The predicted molar refractivity (Wildman–Crippen MR) is 78.3 cm³/mol. The second-order valence-corrected chi connectivity index (χ2v) is 6.23. The molecular weight excluding hydrogens is 286 g/mol. The molecule has 0 saturated carbocycles. The van der Waals surface area contributed by atoms with Crippen LogP contribution in [-0.2, 0) is 12.8 Å². The number of rotatable bonds is 3. The number of alkyl halides is 1. The minimum Gasteiger partial charge on any atom is -0.261 e. The van der Waals surface area contributed by atoms with Gasteiger partial charge in [-0.1, -0.05) is 46.3 Å². The number of pyridine rings is 1. The van der Waals surface area contributed by atoms with E-state index in [2.05, 4.69) is 64.2 Å². The first-order chi connectivity index (χ1) is 8.74. The van der Waals surface area contributed by atoms with Crippen molar-refractivity contribution >= 4 is 15.9 Å². The lowest BCUT2D eigenvalue weighted by Gasteiger charge is -2.33. The van der Waals surface area contributed by atoms with E-state index in [1.165, 1.54) is 28.8 Å². The number of fused-ring (bicyclic) bond motifs is 1. The molecule has 92 valence electrons. The first-order valence-corrected chi connectivity index (χ1v) is 7.29. The van der Waals surface area contributed by atoms with Gasteiger partial charge in [0.1, 0.15) is 0 Å². The zero-order valence-electron chi connectivity index (χ0n) is 10.4. The number of benzene rings is 1. The maximum Gasteiger partial charge on any atom is 0.0415 e. The molecular formula is C16H16BrN. The molecule has 0 amide bonds. The smallest absolute Gasteiger partial charge is 0.0415 e. The van der Waals surface area contributed by atoms with Crippen LogP contribution in [0.4, 0.5) is 0 Å². The summed E-state index contributed by atoms with van der Waals surface area (Å²) < 4.78 is 0. The van der Waals surface area contributed by atoms with E-state index in [1.54, 1.807) is 0 Å². The Labute approximate surface area is 116 Å². The van der Waals surface area contributed by atoms with Crippen LogP contribution in [0.1, 0.15) is 28.3 Å². The fourth-order valence-electron chi connectivity index (χ4n) is 2.58. The van der Waals surface area contributed by atoms with E-state index in [0.29, 0.717) is 10.7 Å². The van der Waals surface area contributed by atoms with Crippen molar-refractivity contribution < 1.29 is 0 Å². The molecule has 0 radical (unpaired) electrons. The van der Waals surface area contributed by atoms with Crippen LogP contribution in [0.25, 0.3) is 0 Å². The number of halogens is 1. The highest BCUT2D eigenvalue weighted by Crippen LogP contribution is 2.40. The average molecular weight is 302 g/mol. The molecule has 2 atom stereocenters. The van der Waals surface area contributed by atoms with E-state index in [4.69, 9.17) is 0 Å². The molecule has 2 aromatic rings. The molecule has 1 aromatic heterocycles. The Morgan fingerprint density at radius 3 is 2.83 bits per heavy atom. The standard InChI is InChI=1S/C16H16BrN/c1-11-6-7-13(18-10-11)9-16(17)15-8-12-4-2-3-5-14(12)15/h2-7,10,15-16H,8-9H2,1H3. The van der Waals surface area contributed by atoms with Crippen LogP contribution < -0.4 is 0 Å². The summed E-state index contributed by atoms with van der Waals surface area (Å²) in [5, 5.41) is 0. The van der Waals surface area contributed by atoms with Crippen LogP contribution in [0.2, 0.25) is 0 Å². The third-order valence-corrected chi connectivity index (χ3v) is 4.67. The topological polar surface area (TPSA) is 12.9 Å². The van der Waals surface area contributed by atoms with Gasteiger partial charge in [0.25, 0.3) is 0 Å². The number of hydrogen-bond donors (Lipinski definition) is 0. The van der Waals surface area contributed by atoms with Gasteiger partial charge in [-0.25, -0.2) is 0 Å². The van der Waals surface area contributed by atoms with Gasteiger partial charge in [0.2, 0.25) is 0 Å². The third kappa shape index (κ3) is 2.22. The van der Waals surface area contributed by atoms with Crippen molar-refractivity contribution in [3.8, 4) is 0 Å². The van der Waals surface area contributed by atoms with Crippen molar-refractivity contribution in [1.29, 1.82) is 0 Å². The van der Waals surface area contributed by atoms with Crippen molar-refractivity contribution in [1.82, 2.24) is 4.98 Å². The maximum atomic E-state index is 4.49. The van der Waals surface area contributed by atoms with E-state index in [1.807, 2.05) is 6.20 Å². The fourth-order valence-corrected chi connectivity index (χ4v) is 3.38. The quantitative estimate of drug-likeness (QED) is 0.780. The molecule has 1 nitrogen and oxygen atoms in total. The van der Waals surface area contributed by atoms with Gasteiger partial charge >= 0.3 is 0 Å². The molecule has 0 saturated heterocycles. The first kappa shape index (κ1) is 11.9. The minimum absolute atomic E-state index is 0.489. The van der Waals surface area contributed by atoms with Crippen LogP contribution >= 0.6 is 15.9 Å². The van der Waals surface area contributed by atoms with Gasteiger partial charge in [0, 0.05) is 29.1 Å². The molecule has 0 spiro atoms. The molecule has 3 rings (SSSR count). The molecule has 2 unspecified atom stereocenters. The van der Waals surface area contributed by atoms with E-state index in [0.717, 1.165) is 6.42 Å². The zero-order valence-corrected chi connectivity index (χ0v) is 12.0. The summed E-state index contributed by atoms with van der Waals surface area (Å²) in [5.74, 6) is 0.643. The molecule has 0 fully saturated rings. The van der Waals surface area contributed by atoms with Gasteiger partial charge in [-0.2, -0.15) is 0 Å². The maximum absolute atomic E-state index is 4.49. The Bertz CT molecular complexity index is 547. The zero-order chi connectivity index (χ0) is 12.5. The lowest BCUT2D eigenvalue weighted by molar-refractivity contribution is 0.577. The van der Waals surface area contributed by atoms with Gasteiger partial charge in [-0.05, 0) is 36.1 Å². The first-order valence-electron chi connectivity index (χ1n) is 6.37. The highest BCUT2D eigenvalue weighted by atomic mass is 79.9. The fraction of sp³-hybridized carbons (Fsp3) is 0.312. The number of hydrogen-bond acceptors (Lipinski definition) is 1. The lowest BCUT2D eigenvalue weighted by atomic mass is 9.75. The van der Waals surface area contributed by atoms with Crippen molar-refractivity contribution in [2.45, 2.75) is 30.5 Å². The molecule has 18 heavy (non-hydrogen) atoms. The Kier molecular flexibility index (Phi) is 3.21. The summed E-state index contributed by atoms with van der Waals surface area (Å²) in [4.78, 5) is 4.97. The van der Waals surface area contributed by atoms with E-state index >= 15 is 0 Å². The Morgan fingerprint density at radius 2 is 2.11 bits per heavy atom. The minimum atomic E-state index is 0.489. The summed E-state index contributed by atoms with van der Waals surface area (Å²) in [5.41, 5.74) is 5.40. The largest absolute Gasteiger partial charge is 0.261 e. The van der Waals surface area contributed by atoms with E-state index in [9.17, 15) is 0 Å². The average Bonchev–Trinajstić information content (AvgIpc) is 2.34. The third-order valence-electron chi connectivity index (χ3n) is 3.71. The second kappa shape index (κ2) is 4.85.